The van der Waals surface area contributed by atoms with E-state index in [1.807, 2.05) is 45.0 Å². The average molecular weight is 343 g/mol. The molecule has 0 radical (unpaired) electrons. The summed E-state index contributed by atoms with van der Waals surface area (Å²) in [7, 11) is 0. The van der Waals surface area contributed by atoms with Gasteiger partial charge in [-0.05, 0) is 57.5 Å². The number of nitrogens with one attached hydrogen (secondary N) is 1. The van der Waals surface area contributed by atoms with Gasteiger partial charge in [0.05, 0.1) is 17.9 Å². The highest BCUT2D eigenvalue weighted by molar-refractivity contribution is 8.00. The maximum absolute atomic E-state index is 12.4. The number of hydrogen-bond donors (Lipinski definition) is 1. The van der Waals surface area contributed by atoms with Gasteiger partial charge in [-0.15, -0.1) is 11.8 Å². The largest absolute Gasteiger partial charge is 0.494 e. The van der Waals surface area contributed by atoms with Gasteiger partial charge in [0.25, 0.3) is 0 Å². The van der Waals surface area contributed by atoms with Crippen molar-refractivity contribution in [3.8, 4) is 5.75 Å². The van der Waals surface area contributed by atoms with Crippen molar-refractivity contribution in [1.29, 1.82) is 0 Å². The summed E-state index contributed by atoms with van der Waals surface area (Å²) in [6.45, 7) is 8.61. The molecule has 0 aromatic heterocycles. The van der Waals surface area contributed by atoms with Crippen molar-refractivity contribution in [2.45, 2.75) is 43.9 Å². The number of carbonyl (C=O) groups is 1. The molecule has 0 fully saturated rings. The van der Waals surface area contributed by atoms with Gasteiger partial charge in [0.15, 0.2) is 0 Å². The maximum Gasteiger partial charge on any atom is 0.233 e. The third-order valence-electron chi connectivity index (χ3n) is 3.75. The fourth-order valence-electron chi connectivity index (χ4n) is 2.31. The molecule has 4 heteroatoms. The van der Waals surface area contributed by atoms with Crippen LogP contribution in [0.3, 0.4) is 0 Å². The van der Waals surface area contributed by atoms with Gasteiger partial charge in [-0.1, -0.05) is 29.8 Å². The first-order valence-electron chi connectivity index (χ1n) is 8.26. The summed E-state index contributed by atoms with van der Waals surface area (Å²) < 4.78 is 5.44. The molecule has 2 rings (SSSR count). The molecule has 0 aliphatic carbocycles. The second-order valence-electron chi connectivity index (χ2n) is 5.81. The normalized spacial score (nSPS) is 13.2. The second-order valence-corrected chi connectivity index (χ2v) is 7.22. The minimum atomic E-state index is -0.141. The molecule has 1 N–H and O–H groups in total. The van der Waals surface area contributed by atoms with E-state index in [0.29, 0.717) is 6.61 Å². The quantitative estimate of drug-likeness (QED) is 0.737. The number of carbonyl (C=O) groups excluding carboxylic acids is 1. The molecule has 0 saturated carbocycles. The highest BCUT2D eigenvalue weighted by Gasteiger charge is 2.17. The monoisotopic (exact) mass is 343 g/mol. The van der Waals surface area contributed by atoms with Gasteiger partial charge in [-0.3, -0.25) is 4.79 Å². The number of rotatable bonds is 7. The van der Waals surface area contributed by atoms with Crippen LogP contribution < -0.4 is 10.1 Å². The first-order chi connectivity index (χ1) is 11.5. The minimum Gasteiger partial charge on any atom is -0.494 e. The summed E-state index contributed by atoms with van der Waals surface area (Å²) in [5, 5.41) is 2.94. The number of aryl methyl sites for hydroxylation is 1. The Morgan fingerprint density at radius 1 is 1.08 bits per heavy atom. The van der Waals surface area contributed by atoms with Gasteiger partial charge in [0.2, 0.25) is 5.91 Å². The molecular formula is C20H25NO2S. The van der Waals surface area contributed by atoms with Crippen LogP contribution >= 0.6 is 11.8 Å². The van der Waals surface area contributed by atoms with Crippen LogP contribution in [-0.4, -0.2) is 17.8 Å². The highest BCUT2D eigenvalue weighted by Crippen LogP contribution is 2.24. The Kier molecular flexibility index (Phi) is 6.73. The van der Waals surface area contributed by atoms with Crippen molar-refractivity contribution in [3.05, 3.63) is 59.7 Å². The molecule has 24 heavy (non-hydrogen) atoms. The molecule has 2 aromatic carbocycles. The van der Waals surface area contributed by atoms with E-state index >= 15 is 0 Å². The lowest BCUT2D eigenvalue weighted by Gasteiger charge is -2.18. The van der Waals surface area contributed by atoms with Crippen LogP contribution in [0.4, 0.5) is 0 Å². The van der Waals surface area contributed by atoms with Crippen molar-refractivity contribution in [3.63, 3.8) is 0 Å². The van der Waals surface area contributed by atoms with E-state index in [-0.39, 0.29) is 17.2 Å². The second kappa shape index (κ2) is 8.78. The molecule has 0 saturated heterocycles. The molecule has 0 spiro atoms. The topological polar surface area (TPSA) is 38.3 Å². The first-order valence-corrected chi connectivity index (χ1v) is 9.14. The lowest BCUT2D eigenvalue weighted by atomic mass is 10.1. The van der Waals surface area contributed by atoms with E-state index in [1.54, 1.807) is 11.8 Å². The fourth-order valence-corrected chi connectivity index (χ4v) is 3.18. The Hall–Kier alpha value is -1.94. The zero-order valence-electron chi connectivity index (χ0n) is 14.7. The number of thioether (sulfide) groups is 1. The minimum absolute atomic E-state index is 0.0331. The lowest BCUT2D eigenvalue weighted by Crippen LogP contribution is -2.33. The van der Waals surface area contributed by atoms with Crippen LogP contribution in [0.5, 0.6) is 5.75 Å². The number of ether oxygens (including phenoxy) is 1. The van der Waals surface area contributed by atoms with E-state index in [2.05, 4.69) is 36.5 Å². The zero-order valence-corrected chi connectivity index (χ0v) is 15.5. The predicted molar refractivity (Wildman–Crippen MR) is 101 cm³/mol. The van der Waals surface area contributed by atoms with Crippen LogP contribution in [-0.2, 0) is 4.79 Å². The maximum atomic E-state index is 12.4. The molecule has 0 aliphatic heterocycles. The van der Waals surface area contributed by atoms with Gasteiger partial charge in [0.1, 0.15) is 5.75 Å². The summed E-state index contributed by atoms with van der Waals surface area (Å²) in [5.74, 6) is 0.894. The number of hydrogen-bond acceptors (Lipinski definition) is 3. The molecule has 1 amide bonds. The Morgan fingerprint density at radius 3 is 2.29 bits per heavy atom. The van der Waals surface area contributed by atoms with Crippen molar-refractivity contribution < 1.29 is 9.53 Å². The Labute approximate surface area is 148 Å². The van der Waals surface area contributed by atoms with Gasteiger partial charge in [-0.25, -0.2) is 0 Å². The van der Waals surface area contributed by atoms with Crippen molar-refractivity contribution >= 4 is 17.7 Å². The van der Waals surface area contributed by atoms with Gasteiger partial charge < -0.3 is 10.1 Å². The molecule has 0 aliphatic rings. The van der Waals surface area contributed by atoms with Gasteiger partial charge in [-0.2, -0.15) is 0 Å². The van der Waals surface area contributed by atoms with E-state index < -0.39 is 0 Å². The van der Waals surface area contributed by atoms with Crippen molar-refractivity contribution in [1.82, 2.24) is 5.32 Å². The van der Waals surface area contributed by atoms with Crippen LogP contribution in [0.15, 0.2) is 53.4 Å². The van der Waals surface area contributed by atoms with Gasteiger partial charge in [0, 0.05) is 4.90 Å². The molecule has 2 atom stereocenters. The Balaban J connectivity index is 1.91. The van der Waals surface area contributed by atoms with Crippen LogP contribution in [0.2, 0.25) is 0 Å². The van der Waals surface area contributed by atoms with E-state index in [9.17, 15) is 4.79 Å². The van der Waals surface area contributed by atoms with Crippen molar-refractivity contribution in [2.75, 3.05) is 6.61 Å². The third kappa shape index (κ3) is 5.31. The molecule has 0 heterocycles. The van der Waals surface area contributed by atoms with E-state index in [1.165, 1.54) is 5.56 Å². The van der Waals surface area contributed by atoms with Crippen LogP contribution in [0.1, 0.15) is 37.9 Å². The van der Waals surface area contributed by atoms with Crippen LogP contribution in [0.25, 0.3) is 0 Å². The Morgan fingerprint density at radius 2 is 1.71 bits per heavy atom. The first kappa shape index (κ1) is 18.4. The summed E-state index contributed by atoms with van der Waals surface area (Å²) in [6, 6.07) is 16.1. The molecule has 128 valence electrons. The smallest absolute Gasteiger partial charge is 0.233 e. The summed E-state index contributed by atoms with van der Waals surface area (Å²) >= 11 is 1.57. The van der Waals surface area contributed by atoms with E-state index in [0.717, 1.165) is 16.2 Å². The lowest BCUT2D eigenvalue weighted by molar-refractivity contribution is -0.120. The number of amides is 1. The summed E-state index contributed by atoms with van der Waals surface area (Å²) in [4.78, 5) is 13.5. The molecule has 2 aromatic rings. The summed E-state index contributed by atoms with van der Waals surface area (Å²) in [6.07, 6.45) is 0. The van der Waals surface area contributed by atoms with Gasteiger partial charge >= 0.3 is 0 Å². The standard InChI is InChI=1S/C20H25NO2S/c1-5-23-18-10-8-17(9-11-18)15(3)21-20(22)16(4)24-19-12-6-14(2)7-13-19/h6-13,15-16H,5H2,1-4H3,(H,21,22)/t15-,16-/m0/s1. The average Bonchev–Trinajstić information content (AvgIpc) is 2.57. The summed E-state index contributed by atoms with van der Waals surface area (Å²) in [5.41, 5.74) is 2.29. The van der Waals surface area contributed by atoms with Crippen LogP contribution in [0, 0.1) is 6.92 Å². The third-order valence-corrected chi connectivity index (χ3v) is 4.86. The predicted octanol–water partition coefficient (Wildman–Crippen LogP) is 4.75. The molecule has 0 unspecified atom stereocenters. The highest BCUT2D eigenvalue weighted by atomic mass is 32.2. The molecular weight excluding hydrogens is 318 g/mol. The number of benzene rings is 2. The van der Waals surface area contributed by atoms with E-state index in [4.69, 9.17) is 4.74 Å². The molecule has 3 nitrogen and oxygen atoms in total. The SMILES string of the molecule is CCOc1ccc([C@H](C)NC(=O)[C@H](C)Sc2ccc(C)cc2)cc1. The molecule has 0 bridgehead atoms. The zero-order chi connectivity index (χ0) is 17.5. The van der Waals surface area contributed by atoms with Crippen molar-refractivity contribution in [2.24, 2.45) is 0 Å². The fraction of sp³-hybridized carbons (Fsp3) is 0.350. The Bertz CT molecular complexity index is 652.